The van der Waals surface area contributed by atoms with Crippen molar-refractivity contribution in [1.82, 2.24) is 15.0 Å². The first-order valence-corrected chi connectivity index (χ1v) is 11.6. The van der Waals surface area contributed by atoms with E-state index in [0.29, 0.717) is 0 Å². The summed E-state index contributed by atoms with van der Waals surface area (Å²) in [5, 5.41) is 0. The number of thioether (sulfide) groups is 1. The molecule has 0 spiro atoms. The van der Waals surface area contributed by atoms with Crippen molar-refractivity contribution in [3.63, 3.8) is 0 Å². The summed E-state index contributed by atoms with van der Waals surface area (Å²) >= 11 is 1.76. The normalized spacial score (nSPS) is 10.8. The third kappa shape index (κ3) is 4.32. The lowest BCUT2D eigenvalue weighted by atomic mass is 9.99. The number of aromatic nitrogens is 3. The molecule has 4 heteroatoms. The van der Waals surface area contributed by atoms with Gasteiger partial charge in [0.05, 0.1) is 22.8 Å². The van der Waals surface area contributed by atoms with Crippen molar-refractivity contribution in [2.24, 2.45) is 0 Å². The van der Waals surface area contributed by atoms with Gasteiger partial charge >= 0.3 is 0 Å². The van der Waals surface area contributed by atoms with Crippen LogP contribution in [0, 0.1) is 0 Å². The molecule has 5 aromatic rings. The topological polar surface area (TPSA) is 38.7 Å². The Morgan fingerprint density at radius 3 is 1.41 bits per heavy atom. The highest BCUT2D eigenvalue weighted by atomic mass is 32.2. The summed E-state index contributed by atoms with van der Waals surface area (Å²) in [5.41, 5.74) is 7.99. The third-order valence-corrected chi connectivity index (χ3v) is 6.07. The molecule has 0 aliphatic rings. The number of hydrogen-bond donors (Lipinski definition) is 0. The van der Waals surface area contributed by atoms with Crippen LogP contribution in [0.5, 0.6) is 0 Å². The Hall–Kier alpha value is -3.76. The minimum Gasteiger partial charge on any atom is -0.255 e. The molecule has 0 saturated heterocycles. The second-order valence-electron chi connectivity index (χ2n) is 7.36. The van der Waals surface area contributed by atoms with E-state index in [9.17, 15) is 0 Å². The highest BCUT2D eigenvalue weighted by Gasteiger charge is 2.10. The largest absolute Gasteiger partial charge is 0.255 e. The quantitative estimate of drug-likeness (QED) is 0.274. The van der Waals surface area contributed by atoms with E-state index >= 15 is 0 Å². The molecular formula is C28H21N3S. The van der Waals surface area contributed by atoms with Gasteiger partial charge in [-0.3, -0.25) is 9.97 Å². The smallest absolute Gasteiger partial charge is 0.0900 e. The molecule has 32 heavy (non-hydrogen) atoms. The van der Waals surface area contributed by atoms with E-state index in [0.717, 1.165) is 33.9 Å². The highest BCUT2D eigenvalue weighted by Crippen LogP contribution is 2.31. The van der Waals surface area contributed by atoms with E-state index in [1.54, 1.807) is 24.2 Å². The van der Waals surface area contributed by atoms with Crippen LogP contribution < -0.4 is 0 Å². The molecule has 3 aromatic heterocycles. The molecule has 0 unspecified atom stereocenters. The fourth-order valence-corrected chi connectivity index (χ4v) is 4.04. The van der Waals surface area contributed by atoms with Crippen molar-refractivity contribution in [3.8, 4) is 45.0 Å². The first-order chi connectivity index (χ1) is 15.8. The Kier molecular flexibility index (Phi) is 5.77. The van der Waals surface area contributed by atoms with Gasteiger partial charge in [0.1, 0.15) is 0 Å². The van der Waals surface area contributed by atoms with Gasteiger partial charge in [-0.2, -0.15) is 0 Å². The molecule has 0 bridgehead atoms. The van der Waals surface area contributed by atoms with Gasteiger partial charge in [-0.05, 0) is 77.0 Å². The van der Waals surface area contributed by atoms with E-state index in [4.69, 9.17) is 4.98 Å². The SMILES string of the molecule is CSc1ccc(-c2ccc(-c3cc(-c4ccccn4)nc(-c4ccccn4)c3)cc2)cc1. The fourth-order valence-electron chi connectivity index (χ4n) is 3.63. The summed E-state index contributed by atoms with van der Waals surface area (Å²) in [5.74, 6) is 0. The zero-order valence-corrected chi connectivity index (χ0v) is 18.5. The van der Waals surface area contributed by atoms with Gasteiger partial charge in [0.25, 0.3) is 0 Å². The lowest BCUT2D eigenvalue weighted by molar-refractivity contribution is 1.22. The van der Waals surface area contributed by atoms with Gasteiger partial charge in [-0.25, -0.2) is 4.98 Å². The van der Waals surface area contributed by atoms with E-state index in [1.807, 2.05) is 36.4 Å². The average molecular weight is 432 g/mol. The van der Waals surface area contributed by atoms with Crippen LogP contribution in [0.1, 0.15) is 0 Å². The van der Waals surface area contributed by atoms with Crippen molar-refractivity contribution in [3.05, 3.63) is 109 Å². The predicted molar refractivity (Wildman–Crippen MR) is 133 cm³/mol. The van der Waals surface area contributed by atoms with Crippen LogP contribution >= 0.6 is 11.8 Å². The molecular weight excluding hydrogens is 410 g/mol. The van der Waals surface area contributed by atoms with Gasteiger partial charge in [0.15, 0.2) is 0 Å². The van der Waals surface area contributed by atoms with Crippen LogP contribution in [-0.2, 0) is 0 Å². The lowest BCUT2D eigenvalue weighted by Crippen LogP contribution is -1.93. The Labute approximate surface area is 192 Å². The Balaban J connectivity index is 1.56. The molecule has 2 aromatic carbocycles. The van der Waals surface area contributed by atoms with Crippen LogP contribution in [0.4, 0.5) is 0 Å². The van der Waals surface area contributed by atoms with Crippen molar-refractivity contribution >= 4 is 11.8 Å². The summed E-state index contributed by atoms with van der Waals surface area (Å²) in [6, 6.07) is 33.3. The first kappa shape index (κ1) is 20.2. The maximum absolute atomic E-state index is 4.85. The molecule has 5 rings (SSSR count). The van der Waals surface area contributed by atoms with Gasteiger partial charge in [0, 0.05) is 17.3 Å². The van der Waals surface area contributed by atoms with Gasteiger partial charge in [0.2, 0.25) is 0 Å². The van der Waals surface area contributed by atoms with Gasteiger partial charge < -0.3 is 0 Å². The summed E-state index contributed by atoms with van der Waals surface area (Å²) < 4.78 is 0. The third-order valence-electron chi connectivity index (χ3n) is 5.32. The van der Waals surface area contributed by atoms with Crippen molar-refractivity contribution in [2.75, 3.05) is 6.26 Å². The average Bonchev–Trinajstić information content (AvgIpc) is 2.89. The maximum Gasteiger partial charge on any atom is 0.0900 e. The molecule has 3 heterocycles. The summed E-state index contributed by atoms with van der Waals surface area (Å²) in [6.45, 7) is 0. The molecule has 0 aliphatic carbocycles. The minimum absolute atomic E-state index is 0.834. The molecule has 0 amide bonds. The van der Waals surface area contributed by atoms with Crippen LogP contribution in [0.3, 0.4) is 0 Å². The van der Waals surface area contributed by atoms with Crippen molar-refractivity contribution in [2.45, 2.75) is 4.90 Å². The standard InChI is InChI=1S/C28H21N3S/c1-32-24-14-12-21(13-15-24)20-8-10-22(11-9-20)23-18-27(25-6-2-4-16-29-25)31-28(19-23)26-7-3-5-17-30-26/h2-19H,1H3. The van der Waals surface area contributed by atoms with E-state index in [-0.39, 0.29) is 0 Å². The lowest BCUT2D eigenvalue weighted by Gasteiger charge is -2.10. The summed E-state index contributed by atoms with van der Waals surface area (Å²) in [4.78, 5) is 15.1. The number of nitrogens with zero attached hydrogens (tertiary/aromatic N) is 3. The minimum atomic E-state index is 0.834. The van der Waals surface area contributed by atoms with Crippen molar-refractivity contribution < 1.29 is 0 Å². The molecule has 0 radical (unpaired) electrons. The van der Waals surface area contributed by atoms with Gasteiger partial charge in [-0.15, -0.1) is 11.8 Å². The van der Waals surface area contributed by atoms with E-state index in [1.165, 1.54) is 16.0 Å². The number of rotatable bonds is 5. The number of benzene rings is 2. The summed E-state index contributed by atoms with van der Waals surface area (Å²) in [7, 11) is 0. The molecule has 0 saturated carbocycles. The Morgan fingerprint density at radius 2 is 0.969 bits per heavy atom. The molecule has 0 aliphatic heterocycles. The fraction of sp³-hybridized carbons (Fsp3) is 0.0357. The summed E-state index contributed by atoms with van der Waals surface area (Å²) in [6.07, 6.45) is 5.68. The predicted octanol–water partition coefficient (Wildman–Crippen LogP) is 7.26. The molecule has 0 N–H and O–H groups in total. The van der Waals surface area contributed by atoms with Crippen LogP contribution in [0.25, 0.3) is 45.0 Å². The highest BCUT2D eigenvalue weighted by molar-refractivity contribution is 7.98. The molecule has 3 nitrogen and oxygen atoms in total. The van der Waals surface area contributed by atoms with Gasteiger partial charge in [-0.1, -0.05) is 48.5 Å². The zero-order valence-electron chi connectivity index (χ0n) is 17.6. The number of hydrogen-bond acceptors (Lipinski definition) is 4. The Bertz CT molecular complexity index is 1260. The maximum atomic E-state index is 4.85. The molecule has 154 valence electrons. The van der Waals surface area contributed by atoms with Crippen molar-refractivity contribution in [1.29, 1.82) is 0 Å². The van der Waals surface area contributed by atoms with Crippen LogP contribution in [0.2, 0.25) is 0 Å². The van der Waals surface area contributed by atoms with E-state index < -0.39 is 0 Å². The van der Waals surface area contributed by atoms with E-state index in [2.05, 4.69) is 76.9 Å². The molecule has 0 atom stereocenters. The second kappa shape index (κ2) is 9.16. The first-order valence-electron chi connectivity index (χ1n) is 10.4. The monoisotopic (exact) mass is 431 g/mol. The van der Waals surface area contributed by atoms with Crippen LogP contribution in [0.15, 0.2) is 114 Å². The zero-order chi connectivity index (χ0) is 21.8. The molecule has 0 fully saturated rings. The Morgan fingerprint density at radius 1 is 0.500 bits per heavy atom. The second-order valence-corrected chi connectivity index (χ2v) is 8.24. The number of pyridine rings is 3. The van der Waals surface area contributed by atoms with Crippen LogP contribution in [-0.4, -0.2) is 21.2 Å².